The first-order valence-corrected chi connectivity index (χ1v) is 7.27. The van der Waals surface area contributed by atoms with Crippen LogP contribution in [0.2, 0.25) is 0 Å². The average molecular weight is 327 g/mol. The van der Waals surface area contributed by atoms with E-state index in [2.05, 4.69) is 4.72 Å². The fourth-order valence-corrected chi connectivity index (χ4v) is 2.88. The second kappa shape index (κ2) is 6.26. The van der Waals surface area contributed by atoms with E-state index in [1.54, 1.807) is 6.92 Å². The minimum absolute atomic E-state index is 0.0795. The van der Waals surface area contributed by atoms with Gasteiger partial charge in [0.05, 0.1) is 11.5 Å². The Morgan fingerprint density at radius 1 is 1.41 bits per heavy atom. The summed E-state index contributed by atoms with van der Waals surface area (Å²) >= 11 is 0. The molecule has 4 N–H and O–H groups in total. The van der Waals surface area contributed by atoms with Gasteiger partial charge in [0.1, 0.15) is 28.4 Å². The van der Waals surface area contributed by atoms with E-state index in [-0.39, 0.29) is 10.5 Å². The lowest BCUT2D eigenvalue weighted by Crippen LogP contribution is -2.40. The quantitative estimate of drug-likeness (QED) is 0.561. The highest BCUT2D eigenvalue weighted by Crippen LogP contribution is 2.28. The van der Waals surface area contributed by atoms with Crippen LogP contribution >= 0.6 is 0 Å². The molecule has 0 aliphatic heterocycles. The second-order valence-electron chi connectivity index (χ2n) is 4.52. The first kappa shape index (κ1) is 16.1. The summed E-state index contributed by atoms with van der Waals surface area (Å²) in [7, 11) is -2.08. The van der Waals surface area contributed by atoms with Gasteiger partial charge in [0.25, 0.3) is 0 Å². The minimum Gasteiger partial charge on any atom is -0.506 e. The number of fused-ring (bicyclic) bond motifs is 1. The predicted molar refractivity (Wildman–Crippen MR) is 76.9 cm³/mol. The van der Waals surface area contributed by atoms with E-state index in [0.29, 0.717) is 10.9 Å². The van der Waals surface area contributed by atoms with Crippen molar-refractivity contribution in [2.24, 2.45) is 0 Å². The molecule has 0 aliphatic rings. The van der Waals surface area contributed by atoms with Crippen molar-refractivity contribution >= 4 is 27.9 Å². The molecular weight excluding hydrogens is 314 g/mol. The maximum absolute atomic E-state index is 12.1. The third kappa shape index (κ3) is 3.16. The van der Waals surface area contributed by atoms with Crippen molar-refractivity contribution in [2.45, 2.75) is 17.9 Å². The molecule has 1 heterocycles. The first-order valence-electron chi connectivity index (χ1n) is 6.12. The van der Waals surface area contributed by atoms with Crippen LogP contribution in [0.3, 0.4) is 0 Å². The van der Waals surface area contributed by atoms with Gasteiger partial charge in [0.15, 0.2) is 0 Å². The molecule has 0 radical (unpaired) electrons. The van der Waals surface area contributed by atoms with Crippen LogP contribution in [0.25, 0.3) is 11.0 Å². The standard InChI is InChI=1S/C13H13NO7S/c1-6-2-12(17)21-10-4-9(16)11(3-7(6)10)22(20)14-8(5-15)13(18)19/h2-4,8,14-16H,5H2,1H3,(H,18,19)/t8-,22?/m0/s1. The molecular formula is C13H13NO7S. The summed E-state index contributed by atoms with van der Waals surface area (Å²) in [6.45, 7) is 0.882. The first-order chi connectivity index (χ1) is 10.3. The zero-order chi connectivity index (χ0) is 16.4. The summed E-state index contributed by atoms with van der Waals surface area (Å²) in [6, 6.07) is 2.27. The SMILES string of the molecule is Cc1cc(=O)oc2cc(O)c(S(=O)N[C@@H](CO)C(=O)O)cc12. The van der Waals surface area contributed by atoms with E-state index < -0.39 is 41.0 Å². The number of aryl methyl sites for hydroxylation is 1. The Bertz CT molecular complexity index is 814. The number of phenols is 1. The number of carboxylic acids is 1. The molecule has 0 spiro atoms. The predicted octanol–water partition coefficient (Wildman–Crippen LogP) is -0.135. The Hall–Kier alpha value is -2.23. The molecule has 0 fully saturated rings. The van der Waals surface area contributed by atoms with Crippen LogP contribution in [0.1, 0.15) is 5.56 Å². The fourth-order valence-electron chi connectivity index (χ4n) is 1.84. The van der Waals surface area contributed by atoms with Gasteiger partial charge in [0.2, 0.25) is 0 Å². The highest BCUT2D eigenvalue weighted by molar-refractivity contribution is 7.83. The zero-order valence-corrected chi connectivity index (χ0v) is 12.2. The number of hydrogen-bond donors (Lipinski definition) is 4. The molecule has 22 heavy (non-hydrogen) atoms. The number of aliphatic hydroxyl groups excluding tert-OH is 1. The number of carboxylic acid groups (broad SMARTS) is 1. The molecule has 0 bridgehead atoms. The van der Waals surface area contributed by atoms with Crippen LogP contribution in [0.15, 0.2) is 32.3 Å². The van der Waals surface area contributed by atoms with Crippen LogP contribution in [-0.4, -0.2) is 38.1 Å². The van der Waals surface area contributed by atoms with E-state index in [9.17, 15) is 18.9 Å². The van der Waals surface area contributed by atoms with Gasteiger partial charge in [-0.3, -0.25) is 4.79 Å². The molecule has 1 aromatic heterocycles. The smallest absolute Gasteiger partial charge is 0.336 e. The number of benzene rings is 1. The van der Waals surface area contributed by atoms with Gasteiger partial charge in [-0.1, -0.05) is 0 Å². The number of aromatic hydroxyl groups is 1. The van der Waals surface area contributed by atoms with Crippen LogP contribution < -0.4 is 10.3 Å². The molecule has 2 atom stereocenters. The fraction of sp³-hybridized carbons (Fsp3) is 0.231. The summed E-state index contributed by atoms with van der Waals surface area (Å²) in [5.74, 6) is -1.80. The van der Waals surface area contributed by atoms with Gasteiger partial charge in [-0.05, 0) is 18.6 Å². The topological polar surface area (TPSA) is 137 Å². The van der Waals surface area contributed by atoms with Crippen molar-refractivity contribution in [3.63, 3.8) is 0 Å². The lowest BCUT2D eigenvalue weighted by molar-refractivity contribution is -0.139. The largest absolute Gasteiger partial charge is 0.506 e. The summed E-state index contributed by atoms with van der Waals surface area (Å²) < 4.78 is 19.3. The van der Waals surface area contributed by atoms with Gasteiger partial charge in [-0.2, -0.15) is 0 Å². The number of phenolic OH excluding ortho intramolecular Hbond substituents is 1. The van der Waals surface area contributed by atoms with E-state index in [1.165, 1.54) is 12.1 Å². The maximum Gasteiger partial charge on any atom is 0.336 e. The van der Waals surface area contributed by atoms with Crippen molar-refractivity contribution in [1.82, 2.24) is 4.72 Å². The number of aliphatic hydroxyl groups is 1. The average Bonchev–Trinajstić information content (AvgIpc) is 2.43. The normalized spacial score (nSPS) is 13.9. The monoisotopic (exact) mass is 327 g/mol. The Balaban J connectivity index is 2.47. The molecule has 2 aromatic rings. The van der Waals surface area contributed by atoms with E-state index in [0.717, 1.165) is 6.07 Å². The van der Waals surface area contributed by atoms with Crippen LogP contribution in [0, 0.1) is 6.92 Å². The summed E-state index contributed by atoms with van der Waals surface area (Å²) in [6.07, 6.45) is 0. The highest BCUT2D eigenvalue weighted by Gasteiger charge is 2.21. The van der Waals surface area contributed by atoms with Crippen LogP contribution in [0.4, 0.5) is 0 Å². The summed E-state index contributed by atoms with van der Waals surface area (Å²) in [5.41, 5.74) is 0.101. The van der Waals surface area contributed by atoms with Gasteiger partial charge < -0.3 is 19.7 Å². The zero-order valence-electron chi connectivity index (χ0n) is 11.4. The van der Waals surface area contributed by atoms with E-state index in [1.807, 2.05) is 0 Å². The Labute approximate surface area is 126 Å². The number of nitrogens with one attached hydrogen (secondary N) is 1. The van der Waals surface area contributed by atoms with Gasteiger partial charge >= 0.3 is 11.6 Å². The Morgan fingerprint density at radius 3 is 2.68 bits per heavy atom. The lowest BCUT2D eigenvalue weighted by Gasteiger charge is -2.12. The highest BCUT2D eigenvalue weighted by atomic mass is 32.2. The number of aliphatic carboxylic acids is 1. The maximum atomic E-state index is 12.1. The van der Waals surface area contributed by atoms with Crippen molar-refractivity contribution in [1.29, 1.82) is 0 Å². The van der Waals surface area contributed by atoms with Crippen molar-refractivity contribution < 1.29 is 28.7 Å². The molecule has 8 nitrogen and oxygen atoms in total. The third-order valence-corrected chi connectivity index (χ3v) is 4.19. The Morgan fingerprint density at radius 2 is 2.09 bits per heavy atom. The second-order valence-corrected chi connectivity index (χ2v) is 5.74. The van der Waals surface area contributed by atoms with Gasteiger partial charge in [-0.15, -0.1) is 0 Å². The van der Waals surface area contributed by atoms with Crippen LogP contribution in [0.5, 0.6) is 5.75 Å². The van der Waals surface area contributed by atoms with Gasteiger partial charge in [0, 0.05) is 17.5 Å². The van der Waals surface area contributed by atoms with E-state index in [4.69, 9.17) is 14.6 Å². The number of hydrogen-bond acceptors (Lipinski definition) is 6. The molecule has 0 amide bonds. The minimum atomic E-state index is -2.08. The Kier molecular flexibility index (Phi) is 4.59. The van der Waals surface area contributed by atoms with Crippen LogP contribution in [-0.2, 0) is 15.8 Å². The van der Waals surface area contributed by atoms with Crippen molar-refractivity contribution in [2.75, 3.05) is 6.61 Å². The molecule has 118 valence electrons. The molecule has 0 saturated heterocycles. The molecule has 1 unspecified atom stereocenters. The molecule has 0 saturated carbocycles. The lowest BCUT2D eigenvalue weighted by atomic mass is 10.1. The van der Waals surface area contributed by atoms with Crippen molar-refractivity contribution in [3.8, 4) is 5.75 Å². The number of carbonyl (C=O) groups is 1. The molecule has 1 aromatic carbocycles. The molecule has 2 rings (SSSR count). The number of rotatable bonds is 5. The van der Waals surface area contributed by atoms with Crippen molar-refractivity contribution in [3.05, 3.63) is 34.2 Å². The molecule has 0 aliphatic carbocycles. The summed E-state index contributed by atoms with van der Waals surface area (Å²) in [4.78, 5) is 22.0. The molecule has 9 heteroatoms. The van der Waals surface area contributed by atoms with Gasteiger partial charge in [-0.25, -0.2) is 13.7 Å². The third-order valence-electron chi connectivity index (χ3n) is 2.96. The summed E-state index contributed by atoms with van der Waals surface area (Å²) in [5, 5.41) is 28.1. The van der Waals surface area contributed by atoms with E-state index >= 15 is 0 Å².